The first-order valence-electron chi connectivity index (χ1n) is 9.88. The molecule has 29 heavy (non-hydrogen) atoms. The van der Waals surface area contributed by atoms with E-state index < -0.39 is 12.1 Å². The minimum absolute atomic E-state index is 0.313. The van der Waals surface area contributed by atoms with E-state index in [4.69, 9.17) is 4.74 Å². The van der Waals surface area contributed by atoms with Crippen molar-refractivity contribution in [2.45, 2.75) is 52.7 Å². The zero-order valence-corrected chi connectivity index (χ0v) is 17.2. The Bertz CT molecular complexity index is 1030. The first kappa shape index (κ1) is 20.5. The minimum Gasteiger partial charge on any atom is -0.449 e. The van der Waals surface area contributed by atoms with Crippen molar-refractivity contribution in [1.29, 1.82) is 0 Å². The minimum atomic E-state index is -0.936. The normalized spacial score (nSPS) is 13.1. The molecule has 7 nitrogen and oxygen atoms in total. The standard InChI is InChI=1S/C22H26N4O3/c1-5-14(3)17-9-7-8-10-18(17)23-21(27)15(4)29-22(28)16-11-12-20-19(13-16)24-25-26(20)6-2/h7-15H,5-6H2,1-4H3,(H,23,27)/t14-,15+/m1/s1. The lowest BCUT2D eigenvalue weighted by Crippen LogP contribution is -2.30. The second-order valence-electron chi connectivity index (χ2n) is 7.04. The van der Waals surface area contributed by atoms with Crippen molar-refractivity contribution in [3.05, 3.63) is 53.6 Å². The molecular weight excluding hydrogens is 368 g/mol. The maximum absolute atomic E-state index is 12.6. The summed E-state index contributed by atoms with van der Waals surface area (Å²) >= 11 is 0. The number of ether oxygens (including phenoxy) is 1. The van der Waals surface area contributed by atoms with Gasteiger partial charge in [-0.2, -0.15) is 0 Å². The van der Waals surface area contributed by atoms with Crippen LogP contribution in [0.5, 0.6) is 0 Å². The van der Waals surface area contributed by atoms with Crippen LogP contribution < -0.4 is 5.32 Å². The third-order valence-corrected chi connectivity index (χ3v) is 5.06. The van der Waals surface area contributed by atoms with E-state index in [1.54, 1.807) is 29.8 Å². The summed E-state index contributed by atoms with van der Waals surface area (Å²) in [7, 11) is 0. The van der Waals surface area contributed by atoms with Crippen LogP contribution in [-0.2, 0) is 16.1 Å². The van der Waals surface area contributed by atoms with Crippen molar-refractivity contribution in [1.82, 2.24) is 15.0 Å². The highest BCUT2D eigenvalue weighted by Crippen LogP contribution is 2.26. The van der Waals surface area contributed by atoms with Gasteiger partial charge < -0.3 is 10.1 Å². The van der Waals surface area contributed by atoms with Crippen molar-refractivity contribution in [3.8, 4) is 0 Å². The summed E-state index contributed by atoms with van der Waals surface area (Å²) < 4.78 is 7.12. The molecule has 0 saturated heterocycles. The highest BCUT2D eigenvalue weighted by atomic mass is 16.5. The molecular formula is C22H26N4O3. The molecule has 0 fully saturated rings. The van der Waals surface area contributed by atoms with Gasteiger partial charge in [0.2, 0.25) is 0 Å². The van der Waals surface area contributed by atoms with E-state index in [0.717, 1.165) is 23.2 Å². The van der Waals surface area contributed by atoms with Crippen molar-refractivity contribution < 1.29 is 14.3 Å². The van der Waals surface area contributed by atoms with Crippen LogP contribution in [0.25, 0.3) is 11.0 Å². The Morgan fingerprint density at radius 1 is 1.14 bits per heavy atom. The lowest BCUT2D eigenvalue weighted by atomic mass is 9.97. The number of benzene rings is 2. The molecule has 0 bridgehead atoms. The number of hydrogen-bond donors (Lipinski definition) is 1. The molecule has 7 heteroatoms. The van der Waals surface area contributed by atoms with E-state index in [9.17, 15) is 9.59 Å². The molecule has 1 N–H and O–H groups in total. The highest BCUT2D eigenvalue weighted by Gasteiger charge is 2.21. The molecule has 0 aliphatic heterocycles. The van der Waals surface area contributed by atoms with Gasteiger partial charge in [0.15, 0.2) is 6.10 Å². The Balaban J connectivity index is 1.69. The topological polar surface area (TPSA) is 86.1 Å². The van der Waals surface area contributed by atoms with E-state index in [2.05, 4.69) is 29.5 Å². The quantitative estimate of drug-likeness (QED) is 0.609. The van der Waals surface area contributed by atoms with Gasteiger partial charge in [-0.05, 0) is 56.0 Å². The van der Waals surface area contributed by atoms with Crippen LogP contribution in [0.1, 0.15) is 56.0 Å². The number of hydrogen-bond acceptors (Lipinski definition) is 5. The molecule has 0 spiro atoms. The number of carbonyl (C=O) groups is 2. The summed E-state index contributed by atoms with van der Waals surface area (Å²) in [6, 6.07) is 12.7. The van der Waals surface area contributed by atoms with E-state index in [1.165, 1.54) is 0 Å². The monoisotopic (exact) mass is 394 g/mol. The van der Waals surface area contributed by atoms with E-state index in [1.807, 2.05) is 31.2 Å². The third kappa shape index (κ3) is 4.45. The number of rotatable bonds is 7. The van der Waals surface area contributed by atoms with Crippen LogP contribution in [0.15, 0.2) is 42.5 Å². The number of para-hydroxylation sites is 1. The maximum Gasteiger partial charge on any atom is 0.338 e. The number of anilines is 1. The summed E-state index contributed by atoms with van der Waals surface area (Å²) in [5.74, 6) is -0.629. The van der Waals surface area contributed by atoms with Crippen LogP contribution in [-0.4, -0.2) is 33.0 Å². The van der Waals surface area contributed by atoms with Gasteiger partial charge in [-0.3, -0.25) is 4.79 Å². The molecule has 0 aliphatic carbocycles. The number of carbonyl (C=O) groups excluding carboxylic acids is 2. The fourth-order valence-corrected chi connectivity index (χ4v) is 3.11. The molecule has 1 amide bonds. The van der Waals surface area contributed by atoms with Crippen LogP contribution in [0, 0.1) is 0 Å². The average molecular weight is 394 g/mol. The molecule has 0 unspecified atom stereocenters. The van der Waals surface area contributed by atoms with E-state index >= 15 is 0 Å². The van der Waals surface area contributed by atoms with Gasteiger partial charge >= 0.3 is 5.97 Å². The van der Waals surface area contributed by atoms with Crippen LogP contribution in [0.3, 0.4) is 0 Å². The SMILES string of the molecule is CC[C@@H](C)c1ccccc1NC(=O)[C@H](C)OC(=O)c1ccc2c(c1)nnn2CC. The Hall–Kier alpha value is -3.22. The lowest BCUT2D eigenvalue weighted by Gasteiger charge is -2.18. The van der Waals surface area contributed by atoms with Crippen molar-refractivity contribution in [3.63, 3.8) is 0 Å². The number of aryl methyl sites for hydroxylation is 1. The molecule has 1 aromatic heterocycles. The molecule has 3 aromatic rings. The number of esters is 1. The molecule has 1 heterocycles. The molecule has 0 saturated carbocycles. The predicted octanol–water partition coefficient (Wildman–Crippen LogP) is 4.15. The molecule has 2 aromatic carbocycles. The summed E-state index contributed by atoms with van der Waals surface area (Å²) in [6.07, 6.45) is 0.0252. The van der Waals surface area contributed by atoms with Gasteiger partial charge in [0, 0.05) is 12.2 Å². The fraction of sp³-hybridized carbons (Fsp3) is 0.364. The zero-order valence-electron chi connectivity index (χ0n) is 17.2. The van der Waals surface area contributed by atoms with Crippen molar-refractivity contribution in [2.24, 2.45) is 0 Å². The van der Waals surface area contributed by atoms with Crippen LogP contribution in [0.4, 0.5) is 5.69 Å². The van der Waals surface area contributed by atoms with Gasteiger partial charge in [0.1, 0.15) is 5.52 Å². The van der Waals surface area contributed by atoms with E-state index in [-0.39, 0.29) is 5.91 Å². The second-order valence-corrected chi connectivity index (χ2v) is 7.04. The second kappa shape index (κ2) is 8.86. The van der Waals surface area contributed by atoms with Gasteiger partial charge in [-0.1, -0.05) is 37.3 Å². The Morgan fingerprint density at radius 2 is 1.90 bits per heavy atom. The summed E-state index contributed by atoms with van der Waals surface area (Å²) in [5, 5.41) is 11.0. The third-order valence-electron chi connectivity index (χ3n) is 5.06. The molecule has 0 aliphatic rings. The van der Waals surface area contributed by atoms with E-state index in [0.29, 0.717) is 23.5 Å². The zero-order chi connectivity index (χ0) is 21.0. The number of fused-ring (bicyclic) bond motifs is 1. The Kier molecular flexibility index (Phi) is 6.26. The number of aromatic nitrogens is 3. The summed E-state index contributed by atoms with van der Waals surface area (Å²) in [5.41, 5.74) is 3.59. The summed E-state index contributed by atoms with van der Waals surface area (Å²) in [6.45, 7) is 8.43. The Morgan fingerprint density at radius 3 is 2.62 bits per heavy atom. The van der Waals surface area contributed by atoms with Gasteiger partial charge in [-0.15, -0.1) is 5.10 Å². The van der Waals surface area contributed by atoms with Crippen LogP contribution >= 0.6 is 0 Å². The molecule has 152 valence electrons. The molecule has 3 rings (SSSR count). The first-order valence-corrected chi connectivity index (χ1v) is 9.88. The van der Waals surface area contributed by atoms with Gasteiger partial charge in [0.05, 0.1) is 11.1 Å². The van der Waals surface area contributed by atoms with Crippen LogP contribution in [0.2, 0.25) is 0 Å². The number of amides is 1. The lowest BCUT2D eigenvalue weighted by molar-refractivity contribution is -0.123. The summed E-state index contributed by atoms with van der Waals surface area (Å²) in [4.78, 5) is 25.1. The van der Waals surface area contributed by atoms with Gasteiger partial charge in [-0.25, -0.2) is 9.48 Å². The largest absolute Gasteiger partial charge is 0.449 e. The Labute approximate surface area is 170 Å². The highest BCUT2D eigenvalue weighted by molar-refractivity contribution is 5.98. The number of nitrogens with zero attached hydrogens (tertiary/aromatic N) is 3. The maximum atomic E-state index is 12.6. The smallest absolute Gasteiger partial charge is 0.338 e. The first-order chi connectivity index (χ1) is 13.9. The molecule has 2 atom stereocenters. The van der Waals surface area contributed by atoms with Crippen molar-refractivity contribution in [2.75, 3.05) is 5.32 Å². The number of nitrogens with one attached hydrogen (secondary N) is 1. The predicted molar refractivity (Wildman–Crippen MR) is 112 cm³/mol. The average Bonchev–Trinajstić information content (AvgIpc) is 3.15. The fourth-order valence-electron chi connectivity index (χ4n) is 3.11. The van der Waals surface area contributed by atoms with Crippen molar-refractivity contribution >= 4 is 28.6 Å². The van der Waals surface area contributed by atoms with Gasteiger partial charge in [0.25, 0.3) is 5.91 Å². The molecule has 0 radical (unpaired) electrons.